The van der Waals surface area contributed by atoms with Gasteiger partial charge in [-0.3, -0.25) is 0 Å². The average molecular weight is 298 g/mol. The maximum atomic E-state index is 5.86. The van der Waals surface area contributed by atoms with Crippen molar-refractivity contribution < 1.29 is 4.74 Å². The number of aromatic nitrogens is 3. The van der Waals surface area contributed by atoms with E-state index < -0.39 is 0 Å². The number of likely N-dealkylation sites (tertiary alicyclic amines) is 1. The molecule has 6 nitrogen and oxygen atoms in total. The molecule has 1 saturated carbocycles. The molecule has 1 N–H and O–H groups in total. The summed E-state index contributed by atoms with van der Waals surface area (Å²) in [6, 6.07) is 1.14. The van der Waals surface area contributed by atoms with Crippen LogP contribution in [0.4, 0.5) is 5.95 Å². The van der Waals surface area contributed by atoms with E-state index in [0.717, 1.165) is 12.6 Å². The molecule has 2 heterocycles. The Labute approximate surface area is 123 Å². The number of rotatable bonds is 6. The molecule has 1 saturated heterocycles. The lowest BCUT2D eigenvalue weighted by molar-refractivity contribution is 0.311. The van der Waals surface area contributed by atoms with Gasteiger partial charge < -0.3 is 15.0 Å². The van der Waals surface area contributed by atoms with Crippen molar-refractivity contribution in [1.29, 1.82) is 0 Å². The molecule has 110 valence electrons. The van der Waals surface area contributed by atoms with Crippen molar-refractivity contribution in [1.82, 2.24) is 19.9 Å². The number of nitrogens with zero attached hydrogens (tertiary/aromatic N) is 4. The van der Waals surface area contributed by atoms with Crippen LogP contribution < -0.4 is 10.1 Å². The number of ether oxygens (including phenoxy) is 1. The fourth-order valence-corrected chi connectivity index (χ4v) is 2.79. The quantitative estimate of drug-likeness (QED) is 0.864. The number of hydrogen-bond acceptors (Lipinski definition) is 6. The summed E-state index contributed by atoms with van der Waals surface area (Å²) in [5.41, 5.74) is 0. The third-order valence-corrected chi connectivity index (χ3v) is 3.96. The maximum absolute atomic E-state index is 5.86. The van der Waals surface area contributed by atoms with E-state index in [4.69, 9.17) is 16.3 Å². The Morgan fingerprint density at radius 3 is 2.90 bits per heavy atom. The van der Waals surface area contributed by atoms with E-state index >= 15 is 0 Å². The van der Waals surface area contributed by atoms with Gasteiger partial charge in [0, 0.05) is 19.1 Å². The molecule has 0 aromatic carbocycles. The zero-order valence-electron chi connectivity index (χ0n) is 11.7. The van der Waals surface area contributed by atoms with Gasteiger partial charge >= 0.3 is 6.01 Å². The highest BCUT2D eigenvalue weighted by Gasteiger charge is 2.34. The summed E-state index contributed by atoms with van der Waals surface area (Å²) in [4.78, 5) is 14.8. The minimum Gasteiger partial charge on any atom is -0.464 e. The van der Waals surface area contributed by atoms with Gasteiger partial charge in [0.05, 0.1) is 6.61 Å². The monoisotopic (exact) mass is 297 g/mol. The maximum Gasteiger partial charge on any atom is 0.322 e. The second-order valence-electron chi connectivity index (χ2n) is 5.41. The molecular formula is C13H20ClN5O. The van der Waals surface area contributed by atoms with E-state index in [-0.39, 0.29) is 11.3 Å². The topological polar surface area (TPSA) is 63.2 Å². The predicted octanol–water partition coefficient (Wildman–Crippen LogP) is 1.82. The highest BCUT2D eigenvalue weighted by atomic mass is 35.5. The lowest BCUT2D eigenvalue weighted by Crippen LogP contribution is -2.25. The third kappa shape index (κ3) is 3.49. The Balaban J connectivity index is 1.52. The van der Waals surface area contributed by atoms with Crippen molar-refractivity contribution in [3.05, 3.63) is 5.28 Å². The van der Waals surface area contributed by atoms with E-state index in [1.807, 2.05) is 6.92 Å². The number of nitrogens with one attached hydrogen (secondary N) is 1. The molecule has 0 spiro atoms. The zero-order valence-corrected chi connectivity index (χ0v) is 12.4. The summed E-state index contributed by atoms with van der Waals surface area (Å²) in [6.07, 6.45) is 3.99. The molecule has 1 aromatic heterocycles. The third-order valence-electron chi connectivity index (χ3n) is 3.79. The summed E-state index contributed by atoms with van der Waals surface area (Å²) < 4.78 is 5.26. The normalized spacial score (nSPS) is 23.0. The van der Waals surface area contributed by atoms with Crippen LogP contribution in [-0.2, 0) is 0 Å². The van der Waals surface area contributed by atoms with Crippen molar-refractivity contribution in [2.45, 2.75) is 32.2 Å². The molecule has 7 heteroatoms. The van der Waals surface area contributed by atoms with Crippen molar-refractivity contribution in [2.24, 2.45) is 5.92 Å². The second-order valence-corrected chi connectivity index (χ2v) is 5.74. The largest absolute Gasteiger partial charge is 0.464 e. The fourth-order valence-electron chi connectivity index (χ4n) is 2.64. The number of anilines is 1. The van der Waals surface area contributed by atoms with Crippen LogP contribution in [0.3, 0.4) is 0 Å². The van der Waals surface area contributed by atoms with Crippen molar-refractivity contribution in [3.63, 3.8) is 0 Å². The fraction of sp³-hybridized carbons (Fsp3) is 0.769. The number of halogens is 1. The highest BCUT2D eigenvalue weighted by Crippen LogP contribution is 2.31. The van der Waals surface area contributed by atoms with E-state index in [9.17, 15) is 0 Å². The Hall–Kier alpha value is -1.14. The van der Waals surface area contributed by atoms with Gasteiger partial charge in [-0.1, -0.05) is 0 Å². The van der Waals surface area contributed by atoms with Gasteiger partial charge in [-0.05, 0) is 50.2 Å². The van der Waals surface area contributed by atoms with E-state index in [1.165, 1.54) is 32.4 Å². The van der Waals surface area contributed by atoms with Gasteiger partial charge in [0.1, 0.15) is 0 Å². The van der Waals surface area contributed by atoms with E-state index in [1.54, 1.807) is 0 Å². The summed E-state index contributed by atoms with van der Waals surface area (Å²) in [5, 5.41) is 3.42. The summed E-state index contributed by atoms with van der Waals surface area (Å²) in [6.45, 7) is 5.66. The molecule has 1 aliphatic carbocycles. The smallest absolute Gasteiger partial charge is 0.322 e. The first kappa shape index (κ1) is 13.8. The van der Waals surface area contributed by atoms with Gasteiger partial charge in [-0.25, -0.2) is 0 Å². The number of hydrogen-bond donors (Lipinski definition) is 1. The Morgan fingerprint density at radius 1 is 1.30 bits per heavy atom. The Bertz CT molecular complexity index is 468. The van der Waals surface area contributed by atoms with Gasteiger partial charge in [-0.15, -0.1) is 0 Å². The Kier molecular flexibility index (Phi) is 4.21. The van der Waals surface area contributed by atoms with Crippen LogP contribution in [0.25, 0.3) is 0 Å². The van der Waals surface area contributed by atoms with Gasteiger partial charge in [-0.2, -0.15) is 15.0 Å². The van der Waals surface area contributed by atoms with Crippen LogP contribution >= 0.6 is 11.6 Å². The molecule has 0 radical (unpaired) electrons. The predicted molar refractivity (Wildman–Crippen MR) is 77.2 cm³/mol. The lowest BCUT2D eigenvalue weighted by atomic mass is 10.1. The second kappa shape index (κ2) is 6.10. The van der Waals surface area contributed by atoms with Gasteiger partial charge in [0.2, 0.25) is 11.2 Å². The molecule has 1 atom stereocenters. The summed E-state index contributed by atoms with van der Waals surface area (Å²) >= 11 is 5.86. The zero-order chi connectivity index (χ0) is 13.9. The molecule has 2 fully saturated rings. The highest BCUT2D eigenvalue weighted by molar-refractivity contribution is 6.28. The first-order chi connectivity index (χ1) is 9.74. The van der Waals surface area contributed by atoms with E-state index in [2.05, 4.69) is 25.2 Å². The SMILES string of the molecule is CCOc1nc(Cl)nc(NCC2CCN(C3CC3)C2)n1. The first-order valence-corrected chi connectivity index (χ1v) is 7.64. The van der Waals surface area contributed by atoms with Crippen LogP contribution in [0.5, 0.6) is 6.01 Å². The molecule has 20 heavy (non-hydrogen) atoms. The summed E-state index contributed by atoms with van der Waals surface area (Å²) in [5.74, 6) is 1.15. The molecule has 2 aliphatic rings. The Morgan fingerprint density at radius 2 is 2.15 bits per heavy atom. The minimum absolute atomic E-state index is 0.164. The average Bonchev–Trinajstić information content (AvgIpc) is 3.16. The standard InChI is InChI=1S/C13H20ClN5O/c1-2-20-13-17-11(14)16-12(18-13)15-7-9-5-6-19(8-9)10-3-4-10/h9-10H,2-8H2,1H3,(H,15,16,17,18). The first-order valence-electron chi connectivity index (χ1n) is 7.27. The van der Waals surface area contributed by atoms with Gasteiger partial charge in [0.25, 0.3) is 0 Å². The lowest BCUT2D eigenvalue weighted by Gasteiger charge is -2.15. The minimum atomic E-state index is 0.164. The van der Waals surface area contributed by atoms with Crippen LogP contribution in [0.1, 0.15) is 26.2 Å². The molecule has 3 rings (SSSR count). The van der Waals surface area contributed by atoms with Crippen LogP contribution in [0.2, 0.25) is 5.28 Å². The molecule has 1 unspecified atom stereocenters. The van der Waals surface area contributed by atoms with Crippen LogP contribution in [-0.4, -0.2) is 52.1 Å². The molecule has 0 amide bonds. The van der Waals surface area contributed by atoms with Crippen LogP contribution in [0.15, 0.2) is 0 Å². The summed E-state index contributed by atoms with van der Waals surface area (Å²) in [7, 11) is 0. The van der Waals surface area contributed by atoms with E-state index in [0.29, 0.717) is 18.5 Å². The molecule has 1 aliphatic heterocycles. The van der Waals surface area contributed by atoms with Crippen LogP contribution in [0, 0.1) is 5.92 Å². The van der Waals surface area contributed by atoms with Gasteiger partial charge in [0.15, 0.2) is 0 Å². The molecule has 1 aromatic rings. The molecular weight excluding hydrogens is 278 g/mol. The van der Waals surface area contributed by atoms with Crippen molar-refractivity contribution >= 4 is 17.5 Å². The van der Waals surface area contributed by atoms with Crippen molar-refractivity contribution in [2.75, 3.05) is 31.6 Å². The molecule has 0 bridgehead atoms. The van der Waals surface area contributed by atoms with Crippen molar-refractivity contribution in [3.8, 4) is 6.01 Å².